The van der Waals surface area contributed by atoms with Gasteiger partial charge in [-0.2, -0.15) is 10.2 Å². The van der Waals surface area contributed by atoms with Crippen LogP contribution in [0.2, 0.25) is 0 Å². The Morgan fingerprint density at radius 2 is 2.04 bits per heavy atom. The second-order valence-corrected chi connectivity index (χ2v) is 7.24. The number of amides is 1. The van der Waals surface area contributed by atoms with Crippen LogP contribution in [0.1, 0.15) is 40.0 Å². The number of carbonyl (C=O) groups is 1. The van der Waals surface area contributed by atoms with Crippen molar-refractivity contribution in [2.45, 2.75) is 33.2 Å². The number of hydrogen-bond donors (Lipinski definition) is 1. The van der Waals surface area contributed by atoms with E-state index in [0.717, 1.165) is 17.7 Å². The number of unbranched alkanes of at least 4 members (excludes halogenated alkanes) is 1. The van der Waals surface area contributed by atoms with Crippen molar-refractivity contribution in [3.63, 3.8) is 0 Å². The summed E-state index contributed by atoms with van der Waals surface area (Å²) in [4.78, 5) is 27.3. The summed E-state index contributed by atoms with van der Waals surface area (Å²) in [6.07, 6.45) is 3.36. The first-order chi connectivity index (χ1) is 12.6. The maximum Gasteiger partial charge on any atom is 0.292 e. The number of rotatable bonds is 6. The molecule has 0 aliphatic carbocycles. The second kappa shape index (κ2) is 8.05. The number of hydrogen-bond acceptors (Lipinski definition) is 5. The quantitative estimate of drug-likeness (QED) is 0.535. The third kappa shape index (κ3) is 3.88. The first-order valence-corrected chi connectivity index (χ1v) is 9.31. The monoisotopic (exact) mass is 368 g/mol. The molecule has 0 saturated heterocycles. The first-order valence-electron chi connectivity index (χ1n) is 8.50. The van der Waals surface area contributed by atoms with Crippen LogP contribution in [0, 0.1) is 6.92 Å². The van der Waals surface area contributed by atoms with E-state index in [2.05, 4.69) is 15.6 Å². The number of thiophene rings is 1. The molecule has 134 valence electrons. The predicted molar refractivity (Wildman–Crippen MR) is 105 cm³/mol. The number of benzene rings is 1. The summed E-state index contributed by atoms with van der Waals surface area (Å²) in [5.41, 5.74) is 2.54. The van der Waals surface area contributed by atoms with Crippen LogP contribution in [0.25, 0.3) is 10.8 Å². The molecule has 0 bridgehead atoms. The average molecular weight is 368 g/mol. The fourth-order valence-corrected chi connectivity index (χ4v) is 3.34. The van der Waals surface area contributed by atoms with Crippen molar-refractivity contribution in [3.8, 4) is 0 Å². The Kier molecular flexibility index (Phi) is 5.58. The fourth-order valence-electron chi connectivity index (χ4n) is 2.59. The highest BCUT2D eigenvalue weighted by molar-refractivity contribution is 7.13. The van der Waals surface area contributed by atoms with Gasteiger partial charge in [0.05, 0.1) is 11.6 Å². The fraction of sp³-hybridized carbons (Fsp3) is 0.263. The maximum atomic E-state index is 12.6. The Balaban J connectivity index is 1.92. The van der Waals surface area contributed by atoms with Crippen LogP contribution in [0.5, 0.6) is 0 Å². The van der Waals surface area contributed by atoms with Crippen LogP contribution >= 0.6 is 11.3 Å². The highest BCUT2D eigenvalue weighted by Crippen LogP contribution is 2.14. The van der Waals surface area contributed by atoms with Gasteiger partial charge in [-0.3, -0.25) is 9.59 Å². The Hall–Kier alpha value is -2.80. The van der Waals surface area contributed by atoms with Crippen molar-refractivity contribution in [1.82, 2.24) is 15.2 Å². The number of nitrogens with zero attached hydrogens (tertiary/aromatic N) is 3. The number of hydrazone groups is 1. The van der Waals surface area contributed by atoms with E-state index in [1.165, 1.54) is 9.56 Å². The van der Waals surface area contributed by atoms with Gasteiger partial charge in [0, 0.05) is 21.7 Å². The van der Waals surface area contributed by atoms with Gasteiger partial charge in [-0.15, -0.1) is 11.3 Å². The van der Waals surface area contributed by atoms with E-state index in [1.54, 1.807) is 41.8 Å². The molecule has 0 spiro atoms. The van der Waals surface area contributed by atoms with E-state index in [0.29, 0.717) is 17.3 Å². The van der Waals surface area contributed by atoms with Gasteiger partial charge in [0.1, 0.15) is 0 Å². The molecule has 2 aromatic heterocycles. The molecule has 0 aliphatic heterocycles. The molecule has 0 saturated carbocycles. The third-order valence-corrected chi connectivity index (χ3v) is 4.86. The summed E-state index contributed by atoms with van der Waals surface area (Å²) in [6, 6.07) is 11.0. The van der Waals surface area contributed by atoms with Crippen molar-refractivity contribution >= 4 is 34.2 Å². The number of nitrogens with one attached hydrogen (secondary N) is 1. The largest absolute Gasteiger partial charge is 0.292 e. The molecule has 6 nitrogen and oxygen atoms in total. The molecule has 0 radical (unpaired) electrons. The summed E-state index contributed by atoms with van der Waals surface area (Å²) in [7, 11) is 0. The SMILES string of the molecule is CCCCn1nc(C(=O)N/N=C/c2ccc(C)s2)c2ccccc2c1=O. The van der Waals surface area contributed by atoms with Gasteiger partial charge in [-0.25, -0.2) is 10.1 Å². The molecule has 1 aromatic carbocycles. The molecule has 0 aliphatic rings. The lowest BCUT2D eigenvalue weighted by molar-refractivity contribution is 0.0949. The molecule has 3 aromatic rings. The Morgan fingerprint density at radius 3 is 2.73 bits per heavy atom. The topological polar surface area (TPSA) is 76.3 Å². The van der Waals surface area contributed by atoms with Crippen LogP contribution in [-0.2, 0) is 6.54 Å². The summed E-state index contributed by atoms with van der Waals surface area (Å²) >= 11 is 1.59. The van der Waals surface area contributed by atoms with Gasteiger partial charge < -0.3 is 0 Å². The molecule has 3 rings (SSSR count). The van der Waals surface area contributed by atoms with Crippen LogP contribution < -0.4 is 11.0 Å². The highest BCUT2D eigenvalue weighted by Gasteiger charge is 2.16. The number of aromatic nitrogens is 2. The van der Waals surface area contributed by atoms with Gasteiger partial charge in [-0.05, 0) is 31.5 Å². The number of carbonyl (C=O) groups excluding carboxylic acids is 1. The van der Waals surface area contributed by atoms with E-state index in [4.69, 9.17) is 0 Å². The zero-order valence-electron chi connectivity index (χ0n) is 14.7. The zero-order valence-corrected chi connectivity index (χ0v) is 15.5. The number of aryl methyl sites for hydroxylation is 2. The number of fused-ring (bicyclic) bond motifs is 1. The molecule has 26 heavy (non-hydrogen) atoms. The van der Waals surface area contributed by atoms with Gasteiger partial charge in [-0.1, -0.05) is 31.5 Å². The molecular formula is C19H20N4O2S. The van der Waals surface area contributed by atoms with Gasteiger partial charge in [0.2, 0.25) is 0 Å². The van der Waals surface area contributed by atoms with Crippen molar-refractivity contribution < 1.29 is 4.79 Å². The highest BCUT2D eigenvalue weighted by atomic mass is 32.1. The van der Waals surface area contributed by atoms with E-state index in [-0.39, 0.29) is 11.3 Å². The van der Waals surface area contributed by atoms with Crippen molar-refractivity contribution in [2.75, 3.05) is 0 Å². The molecule has 1 N–H and O–H groups in total. The normalized spacial score (nSPS) is 11.3. The maximum absolute atomic E-state index is 12.6. The Bertz CT molecular complexity index is 1020. The minimum absolute atomic E-state index is 0.178. The van der Waals surface area contributed by atoms with Gasteiger partial charge in [0.25, 0.3) is 11.5 Å². The standard InChI is InChI=1S/C19H20N4O2S/c1-3-4-11-23-19(25)16-8-6-5-7-15(16)17(22-23)18(24)21-20-12-14-10-9-13(2)26-14/h5-10,12H,3-4,11H2,1-2H3,(H,21,24)/b20-12+. The first kappa shape index (κ1) is 18.0. The lowest BCUT2D eigenvalue weighted by atomic mass is 10.1. The van der Waals surface area contributed by atoms with Crippen molar-refractivity contribution in [3.05, 3.63) is 62.2 Å². The lowest BCUT2D eigenvalue weighted by Crippen LogP contribution is -2.29. The molecular weight excluding hydrogens is 348 g/mol. The summed E-state index contributed by atoms with van der Waals surface area (Å²) in [6.45, 7) is 4.54. The minimum atomic E-state index is -0.434. The zero-order chi connectivity index (χ0) is 18.5. The molecule has 7 heteroatoms. The molecule has 0 unspecified atom stereocenters. The third-order valence-electron chi connectivity index (χ3n) is 3.93. The van der Waals surface area contributed by atoms with Crippen LogP contribution in [-0.4, -0.2) is 21.9 Å². The predicted octanol–water partition coefficient (Wildman–Crippen LogP) is 3.33. The minimum Gasteiger partial charge on any atom is -0.267 e. The molecule has 0 atom stereocenters. The van der Waals surface area contributed by atoms with E-state index in [9.17, 15) is 9.59 Å². The lowest BCUT2D eigenvalue weighted by Gasteiger charge is -2.09. The average Bonchev–Trinajstić information content (AvgIpc) is 3.06. The summed E-state index contributed by atoms with van der Waals surface area (Å²) < 4.78 is 1.37. The van der Waals surface area contributed by atoms with Gasteiger partial charge >= 0.3 is 0 Å². The van der Waals surface area contributed by atoms with Crippen LogP contribution in [0.4, 0.5) is 0 Å². The second-order valence-electron chi connectivity index (χ2n) is 5.92. The van der Waals surface area contributed by atoms with Crippen molar-refractivity contribution in [2.24, 2.45) is 5.10 Å². The van der Waals surface area contributed by atoms with E-state index >= 15 is 0 Å². The Labute approximate surface area is 155 Å². The van der Waals surface area contributed by atoms with Crippen molar-refractivity contribution in [1.29, 1.82) is 0 Å². The molecule has 2 heterocycles. The molecule has 1 amide bonds. The van der Waals surface area contributed by atoms with E-state index < -0.39 is 5.91 Å². The summed E-state index contributed by atoms with van der Waals surface area (Å²) in [5.74, 6) is -0.434. The van der Waals surface area contributed by atoms with Gasteiger partial charge in [0.15, 0.2) is 5.69 Å². The Morgan fingerprint density at radius 1 is 1.27 bits per heavy atom. The summed E-state index contributed by atoms with van der Waals surface area (Å²) in [5, 5.41) is 9.32. The van der Waals surface area contributed by atoms with Crippen LogP contribution in [0.3, 0.4) is 0 Å². The smallest absolute Gasteiger partial charge is 0.267 e. The van der Waals surface area contributed by atoms with E-state index in [1.807, 2.05) is 26.0 Å². The molecule has 0 fully saturated rings. The van der Waals surface area contributed by atoms with Crippen LogP contribution in [0.15, 0.2) is 46.3 Å².